The highest BCUT2D eigenvalue weighted by molar-refractivity contribution is 5.92. The average molecular weight is 371 g/mol. The second-order valence-electron chi connectivity index (χ2n) is 9.31. The molecule has 3 nitrogen and oxygen atoms in total. The number of carbonyl (C=O) groups excluding carboxylic acids is 1. The molecule has 3 atom stereocenters. The minimum absolute atomic E-state index is 0.158. The van der Waals surface area contributed by atoms with Crippen molar-refractivity contribution < 1.29 is 4.79 Å². The van der Waals surface area contributed by atoms with Crippen LogP contribution in [0, 0.1) is 23.7 Å². The Balaban J connectivity index is 1.57. The van der Waals surface area contributed by atoms with Gasteiger partial charge in [0.2, 0.25) is 5.91 Å². The molecule has 1 amide bonds. The molecular weight excluding hydrogens is 332 g/mol. The summed E-state index contributed by atoms with van der Waals surface area (Å²) in [5.74, 6) is 2.13. The first kappa shape index (κ1) is 20.4. The van der Waals surface area contributed by atoms with Crippen LogP contribution in [0.5, 0.6) is 0 Å². The Bertz CT molecular complexity index is 587. The molecule has 2 aliphatic rings. The Kier molecular flexibility index (Phi) is 7.34. The van der Waals surface area contributed by atoms with Crippen molar-refractivity contribution in [2.45, 2.75) is 72.3 Å². The van der Waals surface area contributed by atoms with Gasteiger partial charge < -0.3 is 5.32 Å². The van der Waals surface area contributed by atoms with Crippen LogP contribution >= 0.6 is 0 Å². The molecule has 0 radical (unpaired) electrons. The van der Waals surface area contributed by atoms with E-state index >= 15 is 0 Å². The van der Waals surface area contributed by atoms with Crippen molar-refractivity contribution in [3.63, 3.8) is 0 Å². The molecule has 1 aromatic carbocycles. The predicted octanol–water partition coefficient (Wildman–Crippen LogP) is 5.71. The molecular formula is C24H38N2O. The number of anilines is 1. The monoisotopic (exact) mass is 370 g/mol. The zero-order chi connectivity index (χ0) is 19.2. The van der Waals surface area contributed by atoms with E-state index in [1.807, 2.05) is 0 Å². The van der Waals surface area contributed by atoms with E-state index < -0.39 is 0 Å². The van der Waals surface area contributed by atoms with Gasteiger partial charge >= 0.3 is 0 Å². The smallest absolute Gasteiger partial charge is 0.227 e. The number of hydrogen-bond donors (Lipinski definition) is 1. The molecule has 1 aromatic rings. The van der Waals surface area contributed by atoms with Crippen molar-refractivity contribution in [1.82, 2.24) is 4.90 Å². The topological polar surface area (TPSA) is 32.3 Å². The first-order valence-corrected chi connectivity index (χ1v) is 11.1. The highest BCUT2D eigenvalue weighted by Crippen LogP contribution is 2.38. The first-order valence-electron chi connectivity index (χ1n) is 11.1. The van der Waals surface area contributed by atoms with E-state index in [0.717, 1.165) is 18.7 Å². The van der Waals surface area contributed by atoms with Gasteiger partial charge in [-0.05, 0) is 74.2 Å². The van der Waals surface area contributed by atoms with Gasteiger partial charge in [0, 0.05) is 18.2 Å². The summed E-state index contributed by atoms with van der Waals surface area (Å²) >= 11 is 0. The number of nitrogens with one attached hydrogen (secondary N) is 1. The summed E-state index contributed by atoms with van der Waals surface area (Å²) in [7, 11) is 0. The zero-order valence-electron chi connectivity index (χ0n) is 17.5. The Morgan fingerprint density at radius 3 is 2.37 bits per heavy atom. The number of likely N-dealkylation sites (tertiary alicyclic amines) is 1. The lowest BCUT2D eigenvalue weighted by Gasteiger charge is -2.36. The molecule has 1 aliphatic carbocycles. The van der Waals surface area contributed by atoms with E-state index in [1.54, 1.807) is 0 Å². The molecule has 0 bridgehead atoms. The van der Waals surface area contributed by atoms with Gasteiger partial charge in [0.1, 0.15) is 0 Å². The lowest BCUT2D eigenvalue weighted by molar-refractivity contribution is -0.123. The largest absolute Gasteiger partial charge is 0.326 e. The summed E-state index contributed by atoms with van der Waals surface area (Å²) in [6.07, 6.45) is 8.87. The minimum atomic E-state index is 0.158. The SMILES string of the molecule is CC(C)[C@@H]1CC[C@@H](C)C[C@H]1C(=O)Nc1ccc(CN2CCCCCC2)cc1. The fourth-order valence-corrected chi connectivity index (χ4v) is 4.98. The fourth-order valence-electron chi connectivity index (χ4n) is 4.98. The van der Waals surface area contributed by atoms with Crippen LogP contribution in [0.4, 0.5) is 5.69 Å². The zero-order valence-corrected chi connectivity index (χ0v) is 17.5. The van der Waals surface area contributed by atoms with E-state index in [2.05, 4.69) is 55.3 Å². The van der Waals surface area contributed by atoms with E-state index in [-0.39, 0.29) is 11.8 Å². The maximum absolute atomic E-state index is 12.9. The van der Waals surface area contributed by atoms with Crippen LogP contribution < -0.4 is 5.32 Å². The Morgan fingerprint density at radius 2 is 1.74 bits per heavy atom. The predicted molar refractivity (Wildman–Crippen MR) is 114 cm³/mol. The third-order valence-corrected chi connectivity index (χ3v) is 6.69. The van der Waals surface area contributed by atoms with Crippen LogP contribution in [-0.2, 0) is 11.3 Å². The summed E-state index contributed by atoms with van der Waals surface area (Å²) < 4.78 is 0. The van der Waals surface area contributed by atoms with Crippen LogP contribution in [0.1, 0.15) is 71.3 Å². The molecule has 1 aliphatic heterocycles. The minimum Gasteiger partial charge on any atom is -0.326 e. The molecule has 1 saturated heterocycles. The Hall–Kier alpha value is -1.35. The summed E-state index contributed by atoms with van der Waals surface area (Å²) in [6, 6.07) is 8.54. The first-order chi connectivity index (χ1) is 13.0. The van der Waals surface area contributed by atoms with E-state index in [0.29, 0.717) is 17.8 Å². The Morgan fingerprint density at radius 1 is 1.07 bits per heavy atom. The van der Waals surface area contributed by atoms with Crippen LogP contribution in [0.2, 0.25) is 0 Å². The van der Waals surface area contributed by atoms with Crippen molar-refractivity contribution in [1.29, 1.82) is 0 Å². The van der Waals surface area contributed by atoms with Crippen LogP contribution in [0.3, 0.4) is 0 Å². The number of nitrogens with zero attached hydrogens (tertiary/aromatic N) is 1. The highest BCUT2D eigenvalue weighted by atomic mass is 16.1. The van der Waals surface area contributed by atoms with Crippen molar-refractivity contribution in [3.05, 3.63) is 29.8 Å². The summed E-state index contributed by atoms with van der Waals surface area (Å²) in [5, 5.41) is 3.21. The molecule has 1 N–H and O–H groups in total. The molecule has 0 spiro atoms. The summed E-state index contributed by atoms with van der Waals surface area (Å²) in [4.78, 5) is 15.5. The third kappa shape index (κ3) is 5.81. The molecule has 1 heterocycles. The maximum Gasteiger partial charge on any atom is 0.227 e. The van der Waals surface area contributed by atoms with Gasteiger partial charge in [0.25, 0.3) is 0 Å². The maximum atomic E-state index is 12.9. The standard InChI is InChI=1S/C24H38N2O/c1-18(2)22-13-8-19(3)16-23(22)24(27)25-21-11-9-20(10-12-21)17-26-14-6-4-5-7-15-26/h9-12,18-19,22-23H,4-8,13-17H2,1-3H3,(H,25,27)/t19-,22+,23-/m1/s1. The molecule has 27 heavy (non-hydrogen) atoms. The second kappa shape index (κ2) is 9.73. The number of rotatable bonds is 5. The molecule has 0 aromatic heterocycles. The van der Waals surface area contributed by atoms with Crippen molar-refractivity contribution in [2.75, 3.05) is 18.4 Å². The van der Waals surface area contributed by atoms with Gasteiger partial charge in [-0.25, -0.2) is 0 Å². The van der Waals surface area contributed by atoms with Crippen molar-refractivity contribution in [3.8, 4) is 0 Å². The Labute approximate surface area is 165 Å². The van der Waals surface area contributed by atoms with Crippen LogP contribution in [0.25, 0.3) is 0 Å². The molecule has 3 heteroatoms. The number of benzene rings is 1. The molecule has 0 unspecified atom stereocenters. The van der Waals surface area contributed by atoms with Crippen molar-refractivity contribution >= 4 is 11.6 Å². The lowest BCUT2D eigenvalue weighted by Crippen LogP contribution is -2.36. The second-order valence-corrected chi connectivity index (χ2v) is 9.31. The molecule has 150 valence electrons. The molecule has 2 fully saturated rings. The van der Waals surface area contributed by atoms with Crippen LogP contribution in [0.15, 0.2) is 24.3 Å². The number of amides is 1. The van der Waals surface area contributed by atoms with Gasteiger partial charge in [-0.3, -0.25) is 9.69 Å². The quantitative estimate of drug-likeness (QED) is 0.720. The number of hydrogen-bond acceptors (Lipinski definition) is 2. The molecule has 1 saturated carbocycles. The van der Waals surface area contributed by atoms with Gasteiger partial charge in [-0.1, -0.05) is 52.2 Å². The van der Waals surface area contributed by atoms with Crippen molar-refractivity contribution in [2.24, 2.45) is 23.7 Å². The number of carbonyl (C=O) groups is 1. The van der Waals surface area contributed by atoms with E-state index in [9.17, 15) is 4.79 Å². The van der Waals surface area contributed by atoms with E-state index in [4.69, 9.17) is 0 Å². The fraction of sp³-hybridized carbons (Fsp3) is 0.708. The summed E-state index contributed by atoms with van der Waals surface area (Å²) in [5.41, 5.74) is 2.29. The lowest BCUT2D eigenvalue weighted by atomic mass is 9.70. The highest BCUT2D eigenvalue weighted by Gasteiger charge is 2.35. The van der Waals surface area contributed by atoms with E-state index in [1.165, 1.54) is 57.2 Å². The van der Waals surface area contributed by atoms with Gasteiger partial charge in [0.05, 0.1) is 0 Å². The average Bonchev–Trinajstić information content (AvgIpc) is 2.91. The van der Waals surface area contributed by atoms with Gasteiger partial charge in [0.15, 0.2) is 0 Å². The van der Waals surface area contributed by atoms with Gasteiger partial charge in [-0.2, -0.15) is 0 Å². The normalized spacial score (nSPS) is 27.3. The summed E-state index contributed by atoms with van der Waals surface area (Å²) in [6.45, 7) is 10.3. The molecule has 3 rings (SSSR count). The van der Waals surface area contributed by atoms with Gasteiger partial charge in [-0.15, -0.1) is 0 Å². The van der Waals surface area contributed by atoms with Crippen LogP contribution in [-0.4, -0.2) is 23.9 Å². The third-order valence-electron chi connectivity index (χ3n) is 6.69.